The van der Waals surface area contributed by atoms with E-state index in [0.29, 0.717) is 17.2 Å². The highest BCUT2D eigenvalue weighted by Crippen LogP contribution is 2.33. The summed E-state index contributed by atoms with van der Waals surface area (Å²) in [5.74, 6) is 1.39. The number of likely N-dealkylation sites (tertiary alicyclic amines) is 1. The van der Waals surface area contributed by atoms with Gasteiger partial charge in [-0.2, -0.15) is 0 Å². The number of rotatable bonds is 8. The van der Waals surface area contributed by atoms with Crippen molar-refractivity contribution in [3.05, 3.63) is 107 Å². The fourth-order valence-corrected chi connectivity index (χ4v) is 5.27. The molecule has 3 fully saturated rings. The largest absolute Gasteiger partial charge is 0.362 e. The molecule has 2 saturated carbocycles. The van der Waals surface area contributed by atoms with Crippen LogP contribution in [-0.4, -0.2) is 24.3 Å². The number of carbonyl (C=O) groups is 1. The normalized spacial score (nSPS) is 15.9. The van der Waals surface area contributed by atoms with E-state index in [-0.39, 0.29) is 5.82 Å². The van der Waals surface area contributed by atoms with Gasteiger partial charge in [0.15, 0.2) is 0 Å². The summed E-state index contributed by atoms with van der Waals surface area (Å²) in [5.41, 5.74) is 8.72. The van der Waals surface area contributed by atoms with Crippen molar-refractivity contribution in [1.29, 1.82) is 0 Å². The lowest BCUT2D eigenvalue weighted by molar-refractivity contribution is 0.112. The summed E-state index contributed by atoms with van der Waals surface area (Å²) in [7, 11) is 0. The van der Waals surface area contributed by atoms with Gasteiger partial charge in [0, 0.05) is 30.5 Å². The third-order valence-electron chi connectivity index (χ3n) is 8.33. The van der Waals surface area contributed by atoms with E-state index in [1.54, 1.807) is 6.07 Å². The molecule has 0 atom stereocenters. The molecule has 0 radical (unpaired) electrons. The number of halogens is 1. The van der Waals surface area contributed by atoms with Gasteiger partial charge in [-0.3, -0.25) is 4.79 Å². The topological polar surface area (TPSA) is 44.4 Å². The zero-order valence-corrected chi connectivity index (χ0v) is 24.4. The van der Waals surface area contributed by atoms with E-state index in [1.165, 1.54) is 55.5 Å². The van der Waals surface area contributed by atoms with Gasteiger partial charge in [0.25, 0.3) is 0 Å². The van der Waals surface area contributed by atoms with Crippen LogP contribution < -0.4 is 10.6 Å². The Kier molecular flexibility index (Phi) is 9.55. The molecule has 2 aliphatic carbocycles. The van der Waals surface area contributed by atoms with Crippen LogP contribution >= 0.6 is 0 Å². The van der Waals surface area contributed by atoms with Crippen LogP contribution in [0.5, 0.6) is 0 Å². The lowest BCUT2D eigenvalue weighted by Crippen LogP contribution is -2.27. The molecular weight excluding hydrogens is 509 g/mol. The van der Waals surface area contributed by atoms with Crippen LogP contribution in [0.4, 0.5) is 15.8 Å². The molecule has 0 amide bonds. The van der Waals surface area contributed by atoms with Crippen LogP contribution in [0.25, 0.3) is 11.1 Å². The number of anilines is 2. The molecule has 214 valence electrons. The summed E-state index contributed by atoms with van der Waals surface area (Å²) in [6.45, 7) is 6.37. The van der Waals surface area contributed by atoms with Gasteiger partial charge in [-0.1, -0.05) is 61.9 Å². The van der Waals surface area contributed by atoms with Crippen LogP contribution in [-0.2, 0) is 0 Å². The van der Waals surface area contributed by atoms with Gasteiger partial charge in [0.1, 0.15) is 17.9 Å². The van der Waals surface area contributed by atoms with Gasteiger partial charge in [0.2, 0.25) is 0 Å². The highest BCUT2D eigenvalue weighted by atomic mass is 19.1. The zero-order valence-electron chi connectivity index (χ0n) is 24.4. The maximum absolute atomic E-state index is 14.3. The predicted molar refractivity (Wildman–Crippen MR) is 169 cm³/mol. The molecule has 0 spiro atoms. The lowest BCUT2D eigenvalue weighted by atomic mass is 9.92. The molecule has 41 heavy (non-hydrogen) atoms. The second kappa shape index (κ2) is 13.7. The molecule has 1 heterocycles. The lowest BCUT2D eigenvalue weighted by Gasteiger charge is -2.30. The van der Waals surface area contributed by atoms with E-state index in [9.17, 15) is 9.18 Å². The minimum Gasteiger partial charge on any atom is -0.362 e. The average molecular weight is 552 g/mol. The summed E-state index contributed by atoms with van der Waals surface area (Å²) in [6, 6.07) is 21.6. The monoisotopic (exact) mass is 551 g/mol. The molecular formula is C36H42FN3O. The average Bonchev–Trinajstić information content (AvgIpc) is 3.48. The van der Waals surface area contributed by atoms with Crippen molar-refractivity contribution in [2.24, 2.45) is 0 Å². The van der Waals surface area contributed by atoms with Crippen LogP contribution in [0.2, 0.25) is 0 Å². The zero-order chi connectivity index (χ0) is 28.6. The molecule has 4 nitrogen and oxygen atoms in total. The summed E-state index contributed by atoms with van der Waals surface area (Å²) < 4.78 is 14.3. The van der Waals surface area contributed by atoms with E-state index >= 15 is 0 Å². The van der Waals surface area contributed by atoms with E-state index in [4.69, 9.17) is 0 Å². The summed E-state index contributed by atoms with van der Waals surface area (Å²) in [4.78, 5) is 13.0. The Balaban J connectivity index is 0.000000165. The minimum atomic E-state index is -0.141. The van der Waals surface area contributed by atoms with E-state index in [1.807, 2.05) is 36.4 Å². The number of nitrogens with one attached hydrogen (secondary N) is 2. The SMILES string of the molecule is CC(C)c1ccc(NC(=C2CCC2)N2CCCC2)c(F)c1.O=Cc1ccc(-c2ccc(NC=C3CCC3)cc2)cc1. The van der Waals surface area contributed by atoms with E-state index in [0.717, 1.165) is 54.6 Å². The van der Waals surface area contributed by atoms with Crippen molar-refractivity contribution < 1.29 is 9.18 Å². The van der Waals surface area contributed by atoms with Crippen molar-refractivity contribution in [1.82, 2.24) is 4.90 Å². The third-order valence-corrected chi connectivity index (χ3v) is 8.33. The molecule has 0 bridgehead atoms. The van der Waals surface area contributed by atoms with Gasteiger partial charge in [-0.05, 0) is 104 Å². The highest BCUT2D eigenvalue weighted by molar-refractivity contribution is 5.77. The maximum atomic E-state index is 14.3. The Morgan fingerprint density at radius 3 is 1.98 bits per heavy atom. The van der Waals surface area contributed by atoms with Gasteiger partial charge in [-0.25, -0.2) is 4.39 Å². The van der Waals surface area contributed by atoms with E-state index in [2.05, 4.69) is 59.8 Å². The highest BCUT2D eigenvalue weighted by Gasteiger charge is 2.23. The first kappa shape index (κ1) is 28.7. The number of aldehydes is 1. The molecule has 3 aromatic rings. The number of benzene rings is 3. The number of nitrogens with zero attached hydrogens (tertiary/aromatic N) is 1. The van der Waals surface area contributed by atoms with Gasteiger partial charge in [-0.15, -0.1) is 0 Å². The van der Waals surface area contributed by atoms with Crippen molar-refractivity contribution in [3.8, 4) is 11.1 Å². The molecule has 5 heteroatoms. The van der Waals surface area contributed by atoms with Crippen LogP contribution in [0, 0.1) is 5.82 Å². The van der Waals surface area contributed by atoms with Gasteiger partial charge >= 0.3 is 0 Å². The molecule has 3 aliphatic rings. The van der Waals surface area contributed by atoms with Crippen molar-refractivity contribution >= 4 is 17.7 Å². The Hall–Kier alpha value is -3.86. The molecule has 0 aromatic heterocycles. The fourth-order valence-electron chi connectivity index (χ4n) is 5.27. The van der Waals surface area contributed by atoms with Gasteiger partial charge in [0.05, 0.1) is 5.69 Å². The molecule has 2 N–H and O–H groups in total. The third kappa shape index (κ3) is 7.46. The number of carbonyl (C=O) groups excluding carboxylic acids is 1. The van der Waals surface area contributed by atoms with Crippen molar-refractivity contribution in [3.63, 3.8) is 0 Å². The predicted octanol–water partition coefficient (Wildman–Crippen LogP) is 9.50. The molecule has 1 aliphatic heterocycles. The maximum Gasteiger partial charge on any atom is 0.150 e. The second-order valence-corrected chi connectivity index (χ2v) is 11.6. The van der Waals surface area contributed by atoms with Crippen LogP contribution in [0.15, 0.2) is 89.9 Å². The number of hydrogen-bond acceptors (Lipinski definition) is 4. The Bertz CT molecular complexity index is 1370. The molecule has 1 saturated heterocycles. The van der Waals surface area contributed by atoms with Gasteiger partial charge < -0.3 is 15.5 Å². The van der Waals surface area contributed by atoms with Crippen LogP contribution in [0.1, 0.15) is 87.1 Å². The number of hydrogen-bond donors (Lipinski definition) is 2. The molecule has 3 aromatic carbocycles. The number of allylic oxidation sites excluding steroid dienone is 2. The van der Waals surface area contributed by atoms with Crippen molar-refractivity contribution in [2.75, 3.05) is 23.7 Å². The first-order valence-corrected chi connectivity index (χ1v) is 15.1. The Morgan fingerprint density at radius 1 is 0.829 bits per heavy atom. The Morgan fingerprint density at radius 2 is 1.46 bits per heavy atom. The minimum absolute atomic E-state index is 0.141. The first-order valence-electron chi connectivity index (χ1n) is 15.1. The fraction of sp³-hybridized carbons (Fsp3) is 0.361. The summed E-state index contributed by atoms with van der Waals surface area (Å²) in [5, 5.41) is 6.72. The van der Waals surface area contributed by atoms with E-state index < -0.39 is 0 Å². The standard InChI is InChI=1S/C18H25FN2.C18H17NO/c1-13(2)15-8-9-17(16(19)12-15)20-18(14-6-5-7-14)21-10-3-4-11-21;20-13-15-4-6-16(7-5-15)17-8-10-18(11-9-17)19-12-14-2-1-3-14/h8-9,12-13,20H,3-7,10-11H2,1-2H3;4-13,19H,1-3H2. The smallest absolute Gasteiger partial charge is 0.150 e. The van der Waals surface area contributed by atoms with Crippen molar-refractivity contribution in [2.45, 2.75) is 71.1 Å². The summed E-state index contributed by atoms with van der Waals surface area (Å²) >= 11 is 0. The molecule has 6 rings (SSSR count). The molecule has 0 unspecified atom stereocenters. The second-order valence-electron chi connectivity index (χ2n) is 11.6. The quantitative estimate of drug-likeness (QED) is 0.274. The Labute approximate surface area is 244 Å². The summed E-state index contributed by atoms with van der Waals surface area (Å²) in [6.07, 6.45) is 12.8. The first-order chi connectivity index (χ1) is 20.0. The van der Waals surface area contributed by atoms with Crippen LogP contribution in [0.3, 0.4) is 0 Å².